The molecule has 0 aliphatic heterocycles. The van der Waals surface area contributed by atoms with Gasteiger partial charge in [-0.2, -0.15) is 4.31 Å². The van der Waals surface area contributed by atoms with Gasteiger partial charge in [0.05, 0.1) is 10.6 Å². The van der Waals surface area contributed by atoms with Gasteiger partial charge in [0.1, 0.15) is 4.90 Å². The van der Waals surface area contributed by atoms with E-state index < -0.39 is 19.9 Å². The summed E-state index contributed by atoms with van der Waals surface area (Å²) in [6, 6.07) is 3.86. The molecule has 1 aromatic carbocycles. The average molecular weight is 334 g/mol. The number of benzene rings is 1. The van der Waals surface area contributed by atoms with E-state index in [0.717, 1.165) is 6.26 Å². The van der Waals surface area contributed by atoms with Crippen LogP contribution in [-0.2, 0) is 19.9 Å². The lowest BCUT2D eigenvalue weighted by atomic mass is 10.3. The van der Waals surface area contributed by atoms with Crippen molar-refractivity contribution in [3.63, 3.8) is 0 Å². The molecule has 0 aromatic heterocycles. The summed E-state index contributed by atoms with van der Waals surface area (Å²) in [4.78, 5) is -0.0386. The molecular formula is C13H22N2O4S2. The SMILES string of the molecule is CCN(C(C)C)S(=O)(=O)c1cc(S(C)(=O)=O)ccc1NC. The van der Waals surface area contributed by atoms with Gasteiger partial charge in [-0.05, 0) is 32.0 Å². The first-order valence-corrected chi connectivity index (χ1v) is 9.92. The Bertz CT molecular complexity index is 710. The van der Waals surface area contributed by atoms with Crippen molar-refractivity contribution in [1.82, 2.24) is 4.31 Å². The second-order valence-corrected chi connectivity index (χ2v) is 8.86. The maximum Gasteiger partial charge on any atom is 0.245 e. The summed E-state index contributed by atoms with van der Waals surface area (Å²) in [7, 11) is -5.65. The number of hydrogen-bond donors (Lipinski definition) is 1. The van der Waals surface area contributed by atoms with Crippen LogP contribution in [0.15, 0.2) is 28.0 Å². The van der Waals surface area contributed by atoms with Crippen LogP contribution in [0.2, 0.25) is 0 Å². The predicted molar refractivity (Wildman–Crippen MR) is 83.8 cm³/mol. The highest BCUT2D eigenvalue weighted by Crippen LogP contribution is 2.28. The van der Waals surface area contributed by atoms with Crippen LogP contribution >= 0.6 is 0 Å². The quantitative estimate of drug-likeness (QED) is 0.853. The lowest BCUT2D eigenvalue weighted by Gasteiger charge is -2.25. The molecule has 120 valence electrons. The van der Waals surface area contributed by atoms with Crippen LogP contribution in [0.4, 0.5) is 5.69 Å². The van der Waals surface area contributed by atoms with Crippen molar-refractivity contribution in [2.75, 3.05) is 25.2 Å². The number of rotatable bonds is 6. The number of hydrogen-bond acceptors (Lipinski definition) is 5. The first-order chi connectivity index (χ1) is 9.55. The highest BCUT2D eigenvalue weighted by Gasteiger charge is 2.29. The molecule has 0 fully saturated rings. The van der Waals surface area contributed by atoms with Gasteiger partial charge in [0.2, 0.25) is 10.0 Å². The molecule has 21 heavy (non-hydrogen) atoms. The molecular weight excluding hydrogens is 312 g/mol. The van der Waals surface area contributed by atoms with Gasteiger partial charge < -0.3 is 5.32 Å². The Morgan fingerprint density at radius 2 is 1.76 bits per heavy atom. The van der Waals surface area contributed by atoms with Crippen LogP contribution < -0.4 is 5.32 Å². The van der Waals surface area contributed by atoms with E-state index in [9.17, 15) is 16.8 Å². The minimum absolute atomic E-state index is 0.0140. The molecule has 0 spiro atoms. The normalized spacial score (nSPS) is 12.9. The molecule has 0 saturated heterocycles. The molecule has 0 amide bonds. The van der Waals surface area contributed by atoms with Gasteiger partial charge in [0.15, 0.2) is 9.84 Å². The third-order valence-electron chi connectivity index (χ3n) is 3.12. The number of anilines is 1. The Morgan fingerprint density at radius 1 is 1.19 bits per heavy atom. The van der Waals surface area contributed by atoms with Gasteiger partial charge in [0.25, 0.3) is 0 Å². The van der Waals surface area contributed by atoms with Crippen LogP contribution in [-0.4, -0.2) is 47.0 Å². The van der Waals surface area contributed by atoms with E-state index in [4.69, 9.17) is 0 Å². The summed E-state index contributed by atoms with van der Waals surface area (Å²) in [5.41, 5.74) is 0.376. The molecule has 0 bridgehead atoms. The maximum atomic E-state index is 12.8. The number of sulfone groups is 1. The Labute approximate surface area is 127 Å². The van der Waals surface area contributed by atoms with Crippen molar-refractivity contribution in [3.05, 3.63) is 18.2 Å². The standard InChI is InChI=1S/C13H22N2O4S2/c1-6-15(10(2)3)21(18,19)13-9-11(20(5,16)17)7-8-12(13)14-4/h7-10,14H,6H2,1-5H3. The fourth-order valence-corrected chi connectivity index (χ4v) is 4.69. The van der Waals surface area contributed by atoms with Crippen molar-refractivity contribution in [3.8, 4) is 0 Å². The van der Waals surface area contributed by atoms with Gasteiger partial charge >= 0.3 is 0 Å². The first kappa shape index (κ1) is 17.9. The van der Waals surface area contributed by atoms with Crippen molar-refractivity contribution < 1.29 is 16.8 Å². The second-order valence-electron chi connectivity index (χ2n) is 4.98. The van der Waals surface area contributed by atoms with E-state index in [1.54, 1.807) is 27.8 Å². The van der Waals surface area contributed by atoms with Gasteiger partial charge in [-0.1, -0.05) is 6.92 Å². The van der Waals surface area contributed by atoms with Crippen molar-refractivity contribution >= 4 is 25.5 Å². The first-order valence-electron chi connectivity index (χ1n) is 6.59. The Kier molecular flexibility index (Phi) is 5.40. The molecule has 6 nitrogen and oxygen atoms in total. The van der Waals surface area contributed by atoms with Crippen LogP contribution in [0, 0.1) is 0 Å². The van der Waals surface area contributed by atoms with Crippen molar-refractivity contribution in [1.29, 1.82) is 0 Å². The fourth-order valence-electron chi connectivity index (χ4n) is 2.09. The molecule has 0 unspecified atom stereocenters. The van der Waals surface area contributed by atoms with Gasteiger partial charge in [-0.15, -0.1) is 0 Å². The molecule has 0 aliphatic rings. The fraction of sp³-hybridized carbons (Fsp3) is 0.538. The molecule has 1 aromatic rings. The van der Waals surface area contributed by atoms with Crippen molar-refractivity contribution in [2.45, 2.75) is 36.6 Å². The summed E-state index contributed by atoms with van der Waals surface area (Å²) in [6.45, 7) is 5.62. The van der Waals surface area contributed by atoms with E-state index >= 15 is 0 Å². The lowest BCUT2D eigenvalue weighted by Crippen LogP contribution is -2.37. The van der Waals surface area contributed by atoms with E-state index in [-0.39, 0.29) is 15.8 Å². The third-order valence-corrected chi connectivity index (χ3v) is 6.43. The Hall–Kier alpha value is -1.12. The Morgan fingerprint density at radius 3 is 2.14 bits per heavy atom. The third kappa shape index (κ3) is 3.75. The van der Waals surface area contributed by atoms with Crippen LogP contribution in [0.25, 0.3) is 0 Å². The highest BCUT2D eigenvalue weighted by molar-refractivity contribution is 7.91. The van der Waals surface area contributed by atoms with Gasteiger partial charge in [-0.3, -0.25) is 0 Å². The van der Waals surface area contributed by atoms with E-state index in [2.05, 4.69) is 5.32 Å². The monoisotopic (exact) mass is 334 g/mol. The van der Waals surface area contributed by atoms with E-state index in [0.29, 0.717) is 12.2 Å². The molecule has 0 atom stereocenters. The zero-order valence-corrected chi connectivity index (χ0v) is 14.5. The molecule has 0 aliphatic carbocycles. The summed E-state index contributed by atoms with van der Waals surface area (Å²) in [5.74, 6) is 0. The molecule has 1 N–H and O–H groups in total. The summed E-state index contributed by atoms with van der Waals surface area (Å²) < 4.78 is 50.2. The lowest BCUT2D eigenvalue weighted by molar-refractivity contribution is 0.369. The van der Waals surface area contributed by atoms with Crippen molar-refractivity contribution in [2.24, 2.45) is 0 Å². The molecule has 1 rings (SSSR count). The maximum absolute atomic E-state index is 12.8. The van der Waals surface area contributed by atoms with Crippen LogP contribution in [0.5, 0.6) is 0 Å². The number of nitrogens with one attached hydrogen (secondary N) is 1. The minimum atomic E-state index is -3.77. The average Bonchev–Trinajstić information content (AvgIpc) is 2.36. The zero-order valence-electron chi connectivity index (χ0n) is 12.9. The summed E-state index contributed by atoms with van der Waals surface area (Å²) >= 11 is 0. The minimum Gasteiger partial charge on any atom is -0.387 e. The predicted octanol–water partition coefficient (Wildman–Crippen LogP) is 1.55. The number of sulfonamides is 1. The molecule has 0 saturated carbocycles. The largest absolute Gasteiger partial charge is 0.387 e. The smallest absolute Gasteiger partial charge is 0.245 e. The van der Waals surface area contributed by atoms with Gasteiger partial charge in [0, 0.05) is 25.9 Å². The molecule has 8 heteroatoms. The number of nitrogens with zero attached hydrogens (tertiary/aromatic N) is 1. The molecule has 0 radical (unpaired) electrons. The zero-order chi connectivity index (χ0) is 16.4. The van der Waals surface area contributed by atoms with Crippen LogP contribution in [0.3, 0.4) is 0 Å². The summed E-state index contributed by atoms with van der Waals surface area (Å²) in [6.07, 6.45) is 1.05. The highest BCUT2D eigenvalue weighted by atomic mass is 32.2. The van der Waals surface area contributed by atoms with E-state index in [1.807, 2.05) is 0 Å². The van der Waals surface area contributed by atoms with Crippen LogP contribution in [0.1, 0.15) is 20.8 Å². The Balaban J connectivity index is 3.60. The van der Waals surface area contributed by atoms with E-state index in [1.165, 1.54) is 22.5 Å². The van der Waals surface area contributed by atoms with Gasteiger partial charge in [-0.25, -0.2) is 16.8 Å². The second kappa shape index (κ2) is 6.33. The molecule has 0 heterocycles. The topological polar surface area (TPSA) is 83.6 Å². The summed E-state index contributed by atoms with van der Waals surface area (Å²) in [5, 5.41) is 2.80.